The van der Waals surface area contributed by atoms with Crippen LogP contribution in [-0.2, 0) is 14.3 Å². The molecule has 0 saturated carbocycles. The summed E-state index contributed by atoms with van der Waals surface area (Å²) in [5.74, 6) is -1.28. The van der Waals surface area contributed by atoms with E-state index in [1.165, 1.54) is 19.4 Å². The second-order valence-electron chi connectivity index (χ2n) is 2.16. The maximum atomic E-state index is 10.9. The summed E-state index contributed by atoms with van der Waals surface area (Å²) in [7, 11) is 1.20. The number of carbonyl (C=O) groups excluding carboxylic acids is 2. The third-order valence-electron chi connectivity index (χ3n) is 1.23. The van der Waals surface area contributed by atoms with E-state index in [1.807, 2.05) is 0 Å². The molecule has 0 aromatic carbocycles. The van der Waals surface area contributed by atoms with Crippen molar-refractivity contribution in [3.63, 3.8) is 0 Å². The van der Waals surface area contributed by atoms with Crippen LogP contribution in [0.4, 0.5) is 0 Å². The molecule has 70 valence electrons. The summed E-state index contributed by atoms with van der Waals surface area (Å²) in [4.78, 5) is 21.5. The first kappa shape index (κ1) is 9.31. The van der Waals surface area contributed by atoms with Crippen LogP contribution in [0.1, 0.15) is 6.42 Å². The molecule has 0 unspecified atom stereocenters. The Morgan fingerprint density at radius 2 is 2.23 bits per heavy atom. The van der Waals surface area contributed by atoms with Gasteiger partial charge in [-0.05, 0) is 6.07 Å². The monoisotopic (exact) mass is 184 g/mol. The molecule has 5 nitrogen and oxygen atoms in total. The zero-order valence-corrected chi connectivity index (χ0v) is 6.98. The summed E-state index contributed by atoms with van der Waals surface area (Å²) < 4.78 is 13.6. The molecule has 0 fully saturated rings. The predicted molar refractivity (Wildman–Crippen MR) is 41.0 cm³/mol. The minimum absolute atomic E-state index is 0.0638. The minimum Gasteiger partial charge on any atom is -0.469 e. The summed E-state index contributed by atoms with van der Waals surface area (Å²) in [6.45, 7) is 0. The van der Waals surface area contributed by atoms with Crippen molar-refractivity contribution in [2.24, 2.45) is 0 Å². The van der Waals surface area contributed by atoms with E-state index < -0.39 is 18.4 Å². The van der Waals surface area contributed by atoms with E-state index >= 15 is 0 Å². The third-order valence-corrected chi connectivity index (χ3v) is 1.23. The Morgan fingerprint density at radius 1 is 1.46 bits per heavy atom. The molecule has 0 amide bonds. The highest BCUT2D eigenvalue weighted by Gasteiger charge is 2.12. The van der Waals surface area contributed by atoms with Gasteiger partial charge < -0.3 is 13.9 Å². The Hall–Kier alpha value is -1.78. The highest BCUT2D eigenvalue weighted by Crippen LogP contribution is 2.10. The number of rotatable bonds is 3. The van der Waals surface area contributed by atoms with Crippen molar-refractivity contribution >= 4 is 11.9 Å². The lowest BCUT2D eigenvalue weighted by atomic mass is 10.4. The van der Waals surface area contributed by atoms with Gasteiger partial charge in [0.2, 0.25) is 0 Å². The number of furan rings is 1. The molecule has 1 rings (SSSR count). The largest absolute Gasteiger partial charge is 0.469 e. The van der Waals surface area contributed by atoms with E-state index in [0.29, 0.717) is 0 Å². The SMILES string of the molecule is COC(=O)CC(=O)Oc1ccco1. The van der Waals surface area contributed by atoms with Crippen molar-refractivity contribution in [3.8, 4) is 5.95 Å². The molecule has 0 aliphatic heterocycles. The van der Waals surface area contributed by atoms with Crippen LogP contribution in [0.25, 0.3) is 0 Å². The second-order valence-corrected chi connectivity index (χ2v) is 2.16. The van der Waals surface area contributed by atoms with Gasteiger partial charge in [-0.1, -0.05) is 0 Å². The fourth-order valence-corrected chi connectivity index (χ4v) is 0.660. The van der Waals surface area contributed by atoms with E-state index in [0.717, 1.165) is 0 Å². The van der Waals surface area contributed by atoms with Crippen molar-refractivity contribution in [1.29, 1.82) is 0 Å². The summed E-state index contributed by atoms with van der Waals surface area (Å²) >= 11 is 0. The molecule has 5 heteroatoms. The van der Waals surface area contributed by atoms with E-state index in [4.69, 9.17) is 4.42 Å². The van der Waals surface area contributed by atoms with Crippen LogP contribution >= 0.6 is 0 Å². The second kappa shape index (κ2) is 4.30. The molecule has 1 heterocycles. The molecule has 0 atom stereocenters. The first-order valence-corrected chi connectivity index (χ1v) is 3.53. The van der Waals surface area contributed by atoms with Crippen LogP contribution in [0.15, 0.2) is 22.8 Å². The fraction of sp³-hybridized carbons (Fsp3) is 0.250. The molecule has 0 radical (unpaired) electrons. The number of carbonyl (C=O) groups is 2. The Morgan fingerprint density at radius 3 is 2.77 bits per heavy atom. The van der Waals surface area contributed by atoms with Gasteiger partial charge >= 0.3 is 11.9 Å². The van der Waals surface area contributed by atoms with Crippen LogP contribution < -0.4 is 4.74 Å². The molecule has 1 aromatic heterocycles. The van der Waals surface area contributed by atoms with Gasteiger partial charge in [-0.2, -0.15) is 0 Å². The normalized spacial score (nSPS) is 9.31. The molecule has 0 aliphatic rings. The predicted octanol–water partition coefficient (Wildman–Crippen LogP) is 0.748. The van der Waals surface area contributed by atoms with E-state index in [9.17, 15) is 9.59 Å². The van der Waals surface area contributed by atoms with Crippen LogP contribution in [0, 0.1) is 0 Å². The van der Waals surface area contributed by atoms with Gasteiger partial charge in [0.15, 0.2) is 0 Å². The van der Waals surface area contributed by atoms with Crippen LogP contribution in [0.2, 0.25) is 0 Å². The molecule has 0 saturated heterocycles. The van der Waals surface area contributed by atoms with Gasteiger partial charge in [-0.3, -0.25) is 9.59 Å². The van der Waals surface area contributed by atoms with Crippen LogP contribution in [-0.4, -0.2) is 19.0 Å². The summed E-state index contributed by atoms with van der Waals surface area (Å²) in [6.07, 6.45) is 0.942. The average Bonchev–Trinajstić information content (AvgIpc) is 2.56. The number of hydrogen-bond acceptors (Lipinski definition) is 5. The minimum atomic E-state index is -0.707. The molecule has 13 heavy (non-hydrogen) atoms. The van der Waals surface area contributed by atoms with Crippen LogP contribution in [0.3, 0.4) is 0 Å². The van der Waals surface area contributed by atoms with E-state index in [1.54, 1.807) is 6.07 Å². The summed E-state index contributed by atoms with van der Waals surface area (Å²) in [5.41, 5.74) is 0. The number of hydrogen-bond donors (Lipinski definition) is 0. The molecule has 0 N–H and O–H groups in total. The maximum Gasteiger partial charge on any atom is 0.324 e. The van der Waals surface area contributed by atoms with Gasteiger partial charge in [0, 0.05) is 6.07 Å². The highest BCUT2D eigenvalue weighted by molar-refractivity contribution is 5.91. The molecular weight excluding hydrogens is 176 g/mol. The van der Waals surface area contributed by atoms with Gasteiger partial charge in [-0.15, -0.1) is 0 Å². The van der Waals surface area contributed by atoms with Gasteiger partial charge in [-0.25, -0.2) is 0 Å². The Bertz CT molecular complexity index is 287. The summed E-state index contributed by atoms with van der Waals surface area (Å²) in [6, 6.07) is 3.04. The zero-order chi connectivity index (χ0) is 9.68. The maximum absolute atomic E-state index is 10.9. The number of ether oxygens (including phenoxy) is 2. The average molecular weight is 184 g/mol. The molecule has 0 bridgehead atoms. The lowest BCUT2D eigenvalue weighted by Crippen LogP contribution is -2.14. The van der Waals surface area contributed by atoms with Gasteiger partial charge in [0.25, 0.3) is 5.95 Å². The van der Waals surface area contributed by atoms with Crippen molar-refractivity contribution in [1.82, 2.24) is 0 Å². The zero-order valence-electron chi connectivity index (χ0n) is 6.98. The van der Waals surface area contributed by atoms with Gasteiger partial charge in [0.05, 0.1) is 13.4 Å². The van der Waals surface area contributed by atoms with Crippen molar-refractivity contribution in [2.45, 2.75) is 6.42 Å². The Kier molecular flexibility index (Phi) is 3.08. The number of esters is 2. The first-order chi connectivity index (χ1) is 6.22. The van der Waals surface area contributed by atoms with Crippen LogP contribution in [0.5, 0.6) is 5.95 Å². The standard InChI is InChI=1S/C8H8O5/c1-11-6(9)5-7(10)13-8-3-2-4-12-8/h2-4H,5H2,1H3. The van der Waals surface area contributed by atoms with E-state index in [-0.39, 0.29) is 5.95 Å². The smallest absolute Gasteiger partial charge is 0.324 e. The van der Waals surface area contributed by atoms with Crippen molar-refractivity contribution in [3.05, 3.63) is 18.4 Å². The van der Waals surface area contributed by atoms with Crippen molar-refractivity contribution < 1.29 is 23.5 Å². The molecule has 0 aliphatic carbocycles. The number of methoxy groups -OCH3 is 1. The van der Waals surface area contributed by atoms with Gasteiger partial charge in [0.1, 0.15) is 6.42 Å². The summed E-state index contributed by atoms with van der Waals surface area (Å²) in [5, 5.41) is 0. The molecular formula is C8H8O5. The topological polar surface area (TPSA) is 65.7 Å². The fourth-order valence-electron chi connectivity index (χ4n) is 0.660. The lowest BCUT2D eigenvalue weighted by Gasteiger charge is -1.98. The first-order valence-electron chi connectivity index (χ1n) is 3.53. The molecule has 0 spiro atoms. The third kappa shape index (κ3) is 2.98. The van der Waals surface area contributed by atoms with E-state index in [2.05, 4.69) is 9.47 Å². The highest BCUT2D eigenvalue weighted by atomic mass is 16.6. The quantitative estimate of drug-likeness (QED) is 0.512. The van der Waals surface area contributed by atoms with Crippen molar-refractivity contribution in [2.75, 3.05) is 7.11 Å². The Labute approximate surface area is 74.2 Å². The lowest BCUT2D eigenvalue weighted by molar-refractivity contribution is -0.148. The Balaban J connectivity index is 2.38. The molecule has 1 aromatic rings.